The first-order chi connectivity index (χ1) is 35.4. The minimum absolute atomic E-state index is 0.570. The molecule has 0 amide bonds. The van der Waals surface area contributed by atoms with Crippen molar-refractivity contribution in [3.05, 3.63) is 271 Å². The average Bonchev–Trinajstić information content (AvgIpc) is 3.44. The lowest BCUT2D eigenvalue weighted by atomic mass is 9.91. The van der Waals surface area contributed by atoms with Gasteiger partial charge in [-0.05, 0) is 159 Å². The third-order valence-electron chi connectivity index (χ3n) is 13.9. The van der Waals surface area contributed by atoms with E-state index in [2.05, 4.69) is 241 Å². The zero-order chi connectivity index (χ0) is 48.7. The highest BCUT2D eigenvalue weighted by Crippen LogP contribution is 2.49. The van der Waals surface area contributed by atoms with Crippen LogP contribution >= 0.6 is 0 Å². The zero-order valence-electron chi connectivity index (χ0n) is 39.9. The fraction of sp³-hybridized carbons (Fsp3) is 0.0294. The van der Waals surface area contributed by atoms with E-state index >= 15 is 0 Å². The predicted octanol–water partition coefficient (Wildman–Crippen LogP) is 19.2. The van der Waals surface area contributed by atoms with E-state index in [4.69, 9.17) is 6.57 Å². The number of anilines is 6. The molecular formula is C68H46N4. The molecule has 0 saturated carbocycles. The molecule has 338 valence electrons. The van der Waals surface area contributed by atoms with Gasteiger partial charge in [-0.2, -0.15) is 5.26 Å². The molecule has 0 fully saturated rings. The van der Waals surface area contributed by atoms with Crippen LogP contribution in [0.15, 0.2) is 243 Å². The topological polar surface area (TPSA) is 34.6 Å². The number of hydrogen-bond acceptors (Lipinski definition) is 3. The predicted molar refractivity (Wildman–Crippen MR) is 302 cm³/mol. The molecule has 0 atom stereocenters. The lowest BCUT2D eigenvalue weighted by Gasteiger charge is -2.30. The maximum atomic E-state index is 10.3. The summed E-state index contributed by atoms with van der Waals surface area (Å²) in [5.74, 6) is 0. The summed E-state index contributed by atoms with van der Waals surface area (Å²) in [6, 6.07) is 88.4. The van der Waals surface area contributed by atoms with Crippen molar-refractivity contribution >= 4 is 72.1 Å². The van der Waals surface area contributed by atoms with Crippen molar-refractivity contribution in [3.8, 4) is 50.6 Å². The van der Waals surface area contributed by atoms with Gasteiger partial charge in [0.05, 0.1) is 29.6 Å². The Morgan fingerprint density at radius 3 is 1.22 bits per heavy atom. The minimum atomic E-state index is 0.570. The van der Waals surface area contributed by atoms with Gasteiger partial charge in [0.15, 0.2) is 5.69 Å². The van der Waals surface area contributed by atoms with E-state index in [0.717, 1.165) is 111 Å². The van der Waals surface area contributed by atoms with E-state index in [0.29, 0.717) is 11.3 Å². The molecule has 0 N–H and O–H groups in total. The normalized spacial score (nSPS) is 11.2. The first kappa shape index (κ1) is 43.5. The Kier molecular flexibility index (Phi) is 11.1. The average molecular weight is 919 g/mol. The monoisotopic (exact) mass is 918 g/mol. The van der Waals surface area contributed by atoms with Gasteiger partial charge in [0.2, 0.25) is 0 Å². The summed E-state index contributed by atoms with van der Waals surface area (Å²) >= 11 is 0. The molecule has 0 aliphatic rings. The number of nitrogens with zero attached hydrogens (tertiary/aromatic N) is 4. The molecular weight excluding hydrogens is 873 g/mol. The standard InChI is InChI=1S/C68H46N4/c1-45-20-24-50(25-21-45)56-37-54(48-13-6-4-7-14-48)39-61(41-56)71(59-18-10-12-47(36-59)44-69)65-34-30-52-29-33-64-66(35-31-53-28-32-63(65)67(52)68(53)64)72(60-19-11-17-58(43-60)70-3)62-40-55(49-15-8-5-9-16-49)38-57(42-62)51-26-22-46(2)23-27-51/h4-43H,1-2H3. The number of benzene rings is 12. The summed E-state index contributed by atoms with van der Waals surface area (Å²) in [6.07, 6.45) is 0. The third-order valence-corrected chi connectivity index (χ3v) is 13.9. The molecule has 0 aromatic heterocycles. The van der Waals surface area contributed by atoms with Crippen LogP contribution in [-0.4, -0.2) is 0 Å². The molecule has 0 heterocycles. The van der Waals surface area contributed by atoms with Crippen molar-refractivity contribution in [1.82, 2.24) is 0 Å². The zero-order valence-corrected chi connectivity index (χ0v) is 39.9. The van der Waals surface area contributed by atoms with Crippen LogP contribution in [0, 0.1) is 31.8 Å². The van der Waals surface area contributed by atoms with Crippen molar-refractivity contribution in [2.45, 2.75) is 13.8 Å². The van der Waals surface area contributed by atoms with E-state index in [-0.39, 0.29) is 0 Å². The molecule has 12 aromatic carbocycles. The van der Waals surface area contributed by atoms with Crippen molar-refractivity contribution in [2.75, 3.05) is 9.80 Å². The highest BCUT2D eigenvalue weighted by Gasteiger charge is 2.24. The van der Waals surface area contributed by atoms with Gasteiger partial charge in [0.25, 0.3) is 0 Å². The molecule has 12 rings (SSSR count). The summed E-state index contributed by atoms with van der Waals surface area (Å²) in [6.45, 7) is 12.3. The van der Waals surface area contributed by atoms with Crippen LogP contribution in [-0.2, 0) is 0 Å². The lowest BCUT2D eigenvalue weighted by molar-refractivity contribution is 1.29. The maximum absolute atomic E-state index is 10.3. The van der Waals surface area contributed by atoms with Crippen LogP contribution in [0.25, 0.3) is 81.7 Å². The first-order valence-electron chi connectivity index (χ1n) is 24.2. The number of aryl methyl sites for hydroxylation is 2. The van der Waals surface area contributed by atoms with Gasteiger partial charge < -0.3 is 9.80 Å². The second-order valence-electron chi connectivity index (χ2n) is 18.6. The van der Waals surface area contributed by atoms with Crippen LogP contribution in [0.2, 0.25) is 0 Å². The van der Waals surface area contributed by atoms with Gasteiger partial charge in [-0.1, -0.05) is 175 Å². The van der Waals surface area contributed by atoms with Gasteiger partial charge >= 0.3 is 0 Å². The largest absolute Gasteiger partial charge is 0.311 e. The molecule has 0 spiro atoms. The molecule has 0 aliphatic carbocycles. The van der Waals surface area contributed by atoms with Gasteiger partial charge in [-0.25, -0.2) is 4.85 Å². The van der Waals surface area contributed by atoms with Crippen LogP contribution in [0.1, 0.15) is 16.7 Å². The van der Waals surface area contributed by atoms with Gasteiger partial charge in [0.1, 0.15) is 0 Å². The second kappa shape index (κ2) is 18.3. The van der Waals surface area contributed by atoms with Gasteiger partial charge in [-0.15, -0.1) is 0 Å². The van der Waals surface area contributed by atoms with E-state index in [9.17, 15) is 5.26 Å². The SMILES string of the molecule is [C-]#[N+]c1cccc(N(c2cc(-c3ccccc3)cc(-c3ccc(C)cc3)c2)c2ccc3ccc4c(N(c5cccc(C#N)c5)c5cc(-c6ccccc6)cc(-c6ccc(C)cc6)c5)ccc5ccc2c3c54)c1. The van der Waals surface area contributed by atoms with E-state index in [1.807, 2.05) is 36.4 Å². The summed E-state index contributed by atoms with van der Waals surface area (Å²) in [4.78, 5) is 8.55. The number of rotatable bonds is 10. The Morgan fingerprint density at radius 2 is 0.778 bits per heavy atom. The molecule has 0 bridgehead atoms. The first-order valence-corrected chi connectivity index (χ1v) is 24.2. The molecule has 0 aliphatic heterocycles. The Balaban J connectivity index is 1.11. The summed E-state index contributed by atoms with van der Waals surface area (Å²) < 4.78 is 0. The van der Waals surface area contributed by atoms with Crippen LogP contribution in [0.5, 0.6) is 0 Å². The second-order valence-corrected chi connectivity index (χ2v) is 18.6. The fourth-order valence-electron chi connectivity index (χ4n) is 10.3. The summed E-state index contributed by atoms with van der Waals surface area (Å²) in [7, 11) is 0. The minimum Gasteiger partial charge on any atom is -0.311 e. The molecule has 4 heteroatoms. The quantitative estimate of drug-likeness (QED) is 0.101. The van der Waals surface area contributed by atoms with Crippen molar-refractivity contribution in [1.29, 1.82) is 5.26 Å². The van der Waals surface area contributed by atoms with Crippen LogP contribution in [0.4, 0.5) is 39.8 Å². The molecule has 0 unspecified atom stereocenters. The number of nitriles is 1. The van der Waals surface area contributed by atoms with Crippen molar-refractivity contribution in [3.63, 3.8) is 0 Å². The van der Waals surface area contributed by atoms with Crippen LogP contribution in [0.3, 0.4) is 0 Å². The summed E-state index contributed by atoms with van der Waals surface area (Å²) in [5, 5.41) is 17.0. The highest BCUT2D eigenvalue weighted by molar-refractivity contribution is 6.28. The van der Waals surface area contributed by atoms with E-state index in [1.165, 1.54) is 11.1 Å². The van der Waals surface area contributed by atoms with Crippen LogP contribution < -0.4 is 9.80 Å². The Morgan fingerprint density at radius 1 is 0.361 bits per heavy atom. The Hall–Kier alpha value is -9.74. The van der Waals surface area contributed by atoms with Gasteiger partial charge in [0, 0.05) is 33.5 Å². The third kappa shape index (κ3) is 8.04. The molecule has 4 nitrogen and oxygen atoms in total. The summed E-state index contributed by atoms with van der Waals surface area (Å²) in [5.41, 5.74) is 18.2. The van der Waals surface area contributed by atoms with E-state index in [1.54, 1.807) is 0 Å². The smallest absolute Gasteiger partial charge is 0.189 e. The molecule has 12 aromatic rings. The lowest BCUT2D eigenvalue weighted by Crippen LogP contribution is -2.12. The van der Waals surface area contributed by atoms with Gasteiger partial charge in [-0.3, -0.25) is 0 Å². The Labute approximate surface area is 420 Å². The molecule has 0 saturated heterocycles. The molecule has 72 heavy (non-hydrogen) atoms. The molecule has 0 radical (unpaired) electrons. The maximum Gasteiger partial charge on any atom is 0.189 e. The van der Waals surface area contributed by atoms with Crippen molar-refractivity contribution in [2.24, 2.45) is 0 Å². The Bertz CT molecular complexity index is 3800. The number of hydrogen-bond donors (Lipinski definition) is 0. The van der Waals surface area contributed by atoms with E-state index < -0.39 is 0 Å². The highest BCUT2D eigenvalue weighted by atomic mass is 15.2. The van der Waals surface area contributed by atoms with Crippen molar-refractivity contribution < 1.29 is 0 Å². The fourth-order valence-corrected chi connectivity index (χ4v) is 10.3.